The number of imidazole rings is 1. The number of carbonyl (C=O) groups excluding carboxylic acids is 1. The molecule has 0 bridgehead atoms. The van der Waals surface area contributed by atoms with Crippen LogP contribution in [0.1, 0.15) is 58.1 Å². The van der Waals surface area contributed by atoms with Crippen LogP contribution in [-0.2, 0) is 4.79 Å². The minimum absolute atomic E-state index is 0.0246. The Morgan fingerprint density at radius 2 is 1.88 bits per heavy atom. The number of hydrogen-bond donors (Lipinski definition) is 1. The second-order valence-electron chi connectivity index (χ2n) is 8.52. The largest absolute Gasteiger partial charge is 0.365 e. The molecule has 0 aromatic carbocycles. The zero-order valence-electron chi connectivity index (χ0n) is 15.5. The van der Waals surface area contributed by atoms with Gasteiger partial charge in [0, 0.05) is 36.7 Å². The number of carbonyl (C=O) groups is 1. The van der Waals surface area contributed by atoms with E-state index in [0.29, 0.717) is 17.7 Å². The Bertz CT molecular complexity index is 777. The van der Waals surface area contributed by atoms with Gasteiger partial charge in [-0.05, 0) is 58.6 Å². The van der Waals surface area contributed by atoms with Gasteiger partial charge in [-0.2, -0.15) is 0 Å². The van der Waals surface area contributed by atoms with Crippen molar-refractivity contribution in [1.82, 2.24) is 14.3 Å². The highest BCUT2D eigenvalue weighted by molar-refractivity contribution is 5.81. The van der Waals surface area contributed by atoms with Crippen LogP contribution in [0.25, 0.3) is 5.65 Å². The topological polar surface area (TPSA) is 49.6 Å². The van der Waals surface area contributed by atoms with Crippen molar-refractivity contribution >= 4 is 17.4 Å². The first-order chi connectivity index (χ1) is 11.9. The van der Waals surface area contributed by atoms with Crippen LogP contribution < -0.4 is 5.32 Å². The SMILES string of the molecule is CC(C)(C)Nc1c(C2CCN(C(=O)C3CC3)CC2)nc2ccccn12. The third-order valence-corrected chi connectivity index (χ3v) is 5.17. The van der Waals surface area contributed by atoms with E-state index in [1.807, 2.05) is 12.1 Å². The summed E-state index contributed by atoms with van der Waals surface area (Å²) in [4.78, 5) is 19.3. The summed E-state index contributed by atoms with van der Waals surface area (Å²) in [7, 11) is 0. The van der Waals surface area contributed by atoms with Gasteiger partial charge in [0.05, 0.1) is 5.69 Å². The van der Waals surface area contributed by atoms with Gasteiger partial charge in [-0.3, -0.25) is 9.20 Å². The number of likely N-dealkylation sites (tertiary alicyclic amines) is 1. The van der Waals surface area contributed by atoms with E-state index in [0.717, 1.165) is 55.9 Å². The molecule has 4 rings (SSSR count). The van der Waals surface area contributed by atoms with Gasteiger partial charge in [-0.15, -0.1) is 0 Å². The molecular formula is C20H28N4O. The summed E-state index contributed by atoms with van der Waals surface area (Å²) in [6, 6.07) is 6.14. The summed E-state index contributed by atoms with van der Waals surface area (Å²) >= 11 is 0. The first kappa shape index (κ1) is 16.4. The molecule has 5 nitrogen and oxygen atoms in total. The van der Waals surface area contributed by atoms with Crippen molar-refractivity contribution in [2.24, 2.45) is 5.92 Å². The lowest BCUT2D eigenvalue weighted by atomic mass is 9.92. The Kier molecular flexibility index (Phi) is 3.97. The molecule has 2 aromatic heterocycles. The summed E-state index contributed by atoms with van der Waals surface area (Å²) in [5.74, 6) is 2.22. The monoisotopic (exact) mass is 340 g/mol. The van der Waals surface area contributed by atoms with Crippen molar-refractivity contribution in [3.8, 4) is 0 Å². The molecule has 0 atom stereocenters. The molecule has 2 fully saturated rings. The van der Waals surface area contributed by atoms with Crippen LogP contribution in [0.4, 0.5) is 5.82 Å². The highest BCUT2D eigenvalue weighted by atomic mass is 16.2. The van der Waals surface area contributed by atoms with Gasteiger partial charge in [-0.1, -0.05) is 6.07 Å². The van der Waals surface area contributed by atoms with Crippen LogP contribution in [0.2, 0.25) is 0 Å². The minimum Gasteiger partial charge on any atom is -0.365 e. The zero-order valence-corrected chi connectivity index (χ0v) is 15.5. The molecule has 134 valence electrons. The lowest BCUT2D eigenvalue weighted by molar-refractivity contribution is -0.133. The van der Waals surface area contributed by atoms with E-state index < -0.39 is 0 Å². The third-order valence-electron chi connectivity index (χ3n) is 5.17. The average molecular weight is 340 g/mol. The van der Waals surface area contributed by atoms with E-state index >= 15 is 0 Å². The second-order valence-corrected chi connectivity index (χ2v) is 8.52. The van der Waals surface area contributed by atoms with Crippen LogP contribution in [0.15, 0.2) is 24.4 Å². The van der Waals surface area contributed by atoms with Crippen LogP contribution >= 0.6 is 0 Å². The van der Waals surface area contributed by atoms with Gasteiger partial charge >= 0.3 is 0 Å². The number of fused-ring (bicyclic) bond motifs is 1. The average Bonchev–Trinajstić information content (AvgIpc) is 3.37. The molecule has 5 heteroatoms. The fraction of sp³-hybridized carbons (Fsp3) is 0.600. The molecular weight excluding hydrogens is 312 g/mol. The molecule has 0 unspecified atom stereocenters. The number of anilines is 1. The number of hydrogen-bond acceptors (Lipinski definition) is 3. The van der Waals surface area contributed by atoms with Crippen molar-refractivity contribution in [2.75, 3.05) is 18.4 Å². The first-order valence-electron chi connectivity index (χ1n) is 9.46. The Balaban J connectivity index is 1.58. The lowest BCUT2D eigenvalue weighted by Crippen LogP contribution is -2.39. The van der Waals surface area contributed by atoms with Gasteiger partial charge in [0.1, 0.15) is 11.5 Å². The molecule has 1 aliphatic carbocycles. The fourth-order valence-electron chi connectivity index (χ4n) is 3.74. The summed E-state index contributed by atoms with van der Waals surface area (Å²) < 4.78 is 2.16. The third kappa shape index (κ3) is 3.37. The van der Waals surface area contributed by atoms with Crippen molar-refractivity contribution in [3.63, 3.8) is 0 Å². The Morgan fingerprint density at radius 1 is 1.16 bits per heavy atom. The predicted molar refractivity (Wildman–Crippen MR) is 99.8 cm³/mol. The summed E-state index contributed by atoms with van der Waals surface area (Å²) in [6.07, 6.45) is 6.25. The second kappa shape index (κ2) is 6.04. The zero-order chi connectivity index (χ0) is 17.6. The fourth-order valence-corrected chi connectivity index (χ4v) is 3.74. The van der Waals surface area contributed by atoms with E-state index in [-0.39, 0.29) is 5.54 Å². The van der Waals surface area contributed by atoms with Crippen molar-refractivity contribution in [3.05, 3.63) is 30.1 Å². The van der Waals surface area contributed by atoms with Crippen LogP contribution in [0.5, 0.6) is 0 Å². The summed E-state index contributed by atoms with van der Waals surface area (Å²) in [5.41, 5.74) is 2.11. The quantitative estimate of drug-likeness (QED) is 0.928. The minimum atomic E-state index is -0.0246. The maximum Gasteiger partial charge on any atom is 0.225 e. The van der Waals surface area contributed by atoms with Gasteiger partial charge in [-0.25, -0.2) is 4.98 Å². The number of piperidine rings is 1. The molecule has 25 heavy (non-hydrogen) atoms. The molecule has 3 heterocycles. The predicted octanol–water partition coefficient (Wildman–Crippen LogP) is 3.66. The molecule has 2 aliphatic rings. The van der Waals surface area contributed by atoms with E-state index in [4.69, 9.17) is 4.98 Å². The summed E-state index contributed by atoms with van der Waals surface area (Å²) in [6.45, 7) is 8.26. The van der Waals surface area contributed by atoms with Crippen molar-refractivity contribution < 1.29 is 4.79 Å². The number of rotatable bonds is 3. The molecule has 1 N–H and O–H groups in total. The van der Waals surface area contributed by atoms with E-state index in [1.165, 1.54) is 0 Å². The maximum absolute atomic E-state index is 12.3. The van der Waals surface area contributed by atoms with Crippen LogP contribution in [-0.4, -0.2) is 38.8 Å². The first-order valence-corrected chi connectivity index (χ1v) is 9.46. The van der Waals surface area contributed by atoms with Crippen LogP contribution in [0.3, 0.4) is 0 Å². The Labute approximate surface area is 149 Å². The van der Waals surface area contributed by atoms with Gasteiger partial charge in [0.25, 0.3) is 0 Å². The summed E-state index contributed by atoms with van der Waals surface area (Å²) in [5, 5.41) is 3.65. The van der Waals surface area contributed by atoms with E-state index in [1.54, 1.807) is 0 Å². The smallest absolute Gasteiger partial charge is 0.225 e. The molecule has 0 radical (unpaired) electrons. The normalized spacial score (nSPS) is 19.4. The van der Waals surface area contributed by atoms with Crippen LogP contribution in [0, 0.1) is 5.92 Å². The number of aromatic nitrogens is 2. The van der Waals surface area contributed by atoms with E-state index in [9.17, 15) is 4.79 Å². The standard InChI is InChI=1S/C20H28N4O/c1-20(2,3)22-18-17(21-16-6-4-5-11-24(16)18)14-9-12-23(13-10-14)19(25)15-7-8-15/h4-6,11,14-15,22H,7-10,12-13H2,1-3H3. The molecule has 1 aliphatic heterocycles. The molecule has 1 saturated heterocycles. The van der Waals surface area contributed by atoms with Gasteiger partial charge in [0.2, 0.25) is 5.91 Å². The molecule has 1 saturated carbocycles. The molecule has 0 spiro atoms. The Morgan fingerprint density at radius 3 is 2.52 bits per heavy atom. The van der Waals surface area contributed by atoms with Crippen molar-refractivity contribution in [2.45, 2.75) is 57.9 Å². The highest BCUT2D eigenvalue weighted by Crippen LogP contribution is 2.37. The number of nitrogens with one attached hydrogen (secondary N) is 1. The van der Waals surface area contributed by atoms with Gasteiger partial charge in [0.15, 0.2) is 0 Å². The van der Waals surface area contributed by atoms with Gasteiger partial charge < -0.3 is 10.2 Å². The number of nitrogens with zero attached hydrogens (tertiary/aromatic N) is 3. The molecule has 1 amide bonds. The van der Waals surface area contributed by atoms with Crippen molar-refractivity contribution in [1.29, 1.82) is 0 Å². The lowest BCUT2D eigenvalue weighted by Gasteiger charge is -2.32. The highest BCUT2D eigenvalue weighted by Gasteiger charge is 2.36. The maximum atomic E-state index is 12.3. The number of pyridine rings is 1. The molecule has 2 aromatic rings. The van der Waals surface area contributed by atoms with E-state index in [2.05, 4.69) is 47.7 Å². The Hall–Kier alpha value is -2.04. The number of amides is 1.